The molecule has 1 N–H and O–H groups in total. The standard InChI is InChI=1S/C24H27N3O6/c1-15-22(24(30)27(26(15)3)18-9-7-6-8-10-18)25-23(29)16(2)33-21(28)14-17-11-12-19(31-4)20(13-17)32-5/h6-13,16H,14H2,1-5H3,(H,25,29)/t16-/m1/s1. The summed E-state index contributed by atoms with van der Waals surface area (Å²) < 4.78 is 18.8. The number of esters is 1. The summed E-state index contributed by atoms with van der Waals surface area (Å²) in [6, 6.07) is 14.2. The van der Waals surface area contributed by atoms with Crippen LogP contribution in [0.4, 0.5) is 5.69 Å². The van der Waals surface area contributed by atoms with E-state index in [1.807, 2.05) is 18.2 Å². The van der Waals surface area contributed by atoms with E-state index in [-0.39, 0.29) is 17.7 Å². The van der Waals surface area contributed by atoms with Crippen LogP contribution in [0.1, 0.15) is 18.2 Å². The van der Waals surface area contributed by atoms with Gasteiger partial charge in [0, 0.05) is 7.05 Å². The average Bonchev–Trinajstić information content (AvgIpc) is 3.02. The molecule has 1 amide bonds. The molecule has 1 heterocycles. The maximum atomic E-state index is 12.9. The monoisotopic (exact) mass is 453 g/mol. The van der Waals surface area contributed by atoms with Crippen LogP contribution in [0.25, 0.3) is 5.69 Å². The van der Waals surface area contributed by atoms with Crippen LogP contribution in [0.2, 0.25) is 0 Å². The fourth-order valence-electron chi connectivity index (χ4n) is 3.39. The molecule has 1 atom stereocenters. The Morgan fingerprint density at radius 3 is 2.33 bits per heavy atom. The molecule has 0 saturated carbocycles. The number of nitrogens with one attached hydrogen (secondary N) is 1. The lowest BCUT2D eigenvalue weighted by Gasteiger charge is -2.14. The highest BCUT2D eigenvalue weighted by molar-refractivity contribution is 5.95. The number of amides is 1. The zero-order chi connectivity index (χ0) is 24.1. The van der Waals surface area contributed by atoms with Gasteiger partial charge in [0.1, 0.15) is 5.69 Å². The van der Waals surface area contributed by atoms with E-state index < -0.39 is 18.0 Å². The van der Waals surface area contributed by atoms with Crippen molar-refractivity contribution in [3.8, 4) is 17.2 Å². The van der Waals surface area contributed by atoms with Gasteiger partial charge < -0.3 is 19.5 Å². The van der Waals surface area contributed by atoms with Crippen LogP contribution in [-0.2, 0) is 27.8 Å². The number of ether oxygens (including phenoxy) is 3. The Morgan fingerprint density at radius 1 is 1.03 bits per heavy atom. The zero-order valence-corrected chi connectivity index (χ0v) is 19.2. The van der Waals surface area contributed by atoms with Gasteiger partial charge in [-0.15, -0.1) is 0 Å². The predicted molar refractivity (Wildman–Crippen MR) is 123 cm³/mol. The second kappa shape index (κ2) is 10.1. The largest absolute Gasteiger partial charge is 0.493 e. The molecule has 0 aliphatic rings. The SMILES string of the molecule is COc1ccc(CC(=O)O[C@H](C)C(=O)Nc2c(C)n(C)n(-c3ccccc3)c2=O)cc1OC. The van der Waals surface area contributed by atoms with Crippen LogP contribution < -0.4 is 20.3 Å². The summed E-state index contributed by atoms with van der Waals surface area (Å²) in [7, 11) is 4.75. The van der Waals surface area contributed by atoms with Crippen molar-refractivity contribution in [1.82, 2.24) is 9.36 Å². The van der Waals surface area contributed by atoms with Gasteiger partial charge in [-0.3, -0.25) is 19.1 Å². The molecule has 0 saturated heterocycles. The Balaban J connectivity index is 1.69. The summed E-state index contributed by atoms with van der Waals surface area (Å²) in [6.45, 7) is 3.18. The van der Waals surface area contributed by atoms with Gasteiger partial charge in [0.2, 0.25) is 0 Å². The van der Waals surface area contributed by atoms with Crippen LogP contribution >= 0.6 is 0 Å². The van der Waals surface area contributed by atoms with Gasteiger partial charge in [0.05, 0.1) is 32.0 Å². The fraction of sp³-hybridized carbons (Fsp3) is 0.292. The number of nitrogens with zero attached hydrogens (tertiary/aromatic N) is 2. The summed E-state index contributed by atoms with van der Waals surface area (Å²) >= 11 is 0. The molecule has 33 heavy (non-hydrogen) atoms. The van der Waals surface area contributed by atoms with Crippen LogP contribution in [0, 0.1) is 6.92 Å². The highest BCUT2D eigenvalue weighted by atomic mass is 16.5. The van der Waals surface area contributed by atoms with Crippen LogP contribution in [-0.4, -0.2) is 41.6 Å². The number of hydrogen-bond donors (Lipinski definition) is 1. The molecule has 0 unspecified atom stereocenters. The molecule has 0 radical (unpaired) electrons. The number of para-hydroxylation sites is 1. The minimum absolute atomic E-state index is 0.0524. The van der Waals surface area contributed by atoms with E-state index in [0.29, 0.717) is 28.4 Å². The molecule has 1 aromatic heterocycles. The molecule has 0 bridgehead atoms. The van der Waals surface area contributed by atoms with Gasteiger partial charge in [0.15, 0.2) is 17.6 Å². The van der Waals surface area contributed by atoms with Crippen molar-refractivity contribution in [3.05, 3.63) is 70.1 Å². The van der Waals surface area contributed by atoms with Crippen molar-refractivity contribution in [2.75, 3.05) is 19.5 Å². The number of methoxy groups -OCH3 is 2. The third-order valence-corrected chi connectivity index (χ3v) is 5.28. The van der Waals surface area contributed by atoms with E-state index in [4.69, 9.17) is 14.2 Å². The summed E-state index contributed by atoms with van der Waals surface area (Å²) in [5.74, 6) is -0.150. The maximum Gasteiger partial charge on any atom is 0.311 e. The lowest BCUT2D eigenvalue weighted by Crippen LogP contribution is -2.32. The highest BCUT2D eigenvalue weighted by Gasteiger charge is 2.23. The molecule has 9 heteroatoms. The topological polar surface area (TPSA) is 101 Å². The minimum atomic E-state index is -1.10. The minimum Gasteiger partial charge on any atom is -0.493 e. The molecular formula is C24H27N3O6. The molecule has 9 nitrogen and oxygen atoms in total. The molecule has 0 aliphatic carbocycles. The number of rotatable bonds is 8. The third-order valence-electron chi connectivity index (χ3n) is 5.28. The number of carbonyl (C=O) groups excluding carboxylic acids is 2. The first-order valence-electron chi connectivity index (χ1n) is 10.3. The van der Waals surface area contributed by atoms with E-state index in [1.165, 1.54) is 25.8 Å². The number of hydrogen-bond acceptors (Lipinski definition) is 6. The summed E-state index contributed by atoms with van der Waals surface area (Å²) in [6.07, 6.45) is -1.15. The van der Waals surface area contributed by atoms with Crippen molar-refractivity contribution in [2.45, 2.75) is 26.4 Å². The molecule has 3 rings (SSSR count). The Labute approximate surface area is 191 Å². The first-order chi connectivity index (χ1) is 15.8. The average molecular weight is 453 g/mol. The van der Waals surface area contributed by atoms with E-state index in [2.05, 4.69) is 5.32 Å². The van der Waals surface area contributed by atoms with Gasteiger partial charge in [-0.05, 0) is 43.7 Å². The molecule has 3 aromatic rings. The molecule has 174 valence electrons. The molecular weight excluding hydrogens is 426 g/mol. The summed E-state index contributed by atoms with van der Waals surface area (Å²) in [5, 5.41) is 2.60. The smallest absolute Gasteiger partial charge is 0.311 e. The second-order valence-corrected chi connectivity index (χ2v) is 7.42. The Bertz CT molecular complexity index is 1210. The van der Waals surface area contributed by atoms with Crippen molar-refractivity contribution in [1.29, 1.82) is 0 Å². The quantitative estimate of drug-likeness (QED) is 0.526. The number of aromatic nitrogens is 2. The Morgan fingerprint density at radius 2 is 1.70 bits per heavy atom. The van der Waals surface area contributed by atoms with Crippen molar-refractivity contribution in [2.24, 2.45) is 7.05 Å². The van der Waals surface area contributed by atoms with Crippen molar-refractivity contribution in [3.63, 3.8) is 0 Å². The lowest BCUT2D eigenvalue weighted by atomic mass is 10.1. The van der Waals surface area contributed by atoms with Gasteiger partial charge >= 0.3 is 5.97 Å². The molecule has 0 fully saturated rings. The first kappa shape index (κ1) is 23.6. The van der Waals surface area contributed by atoms with E-state index in [0.717, 1.165) is 0 Å². The van der Waals surface area contributed by atoms with Crippen LogP contribution in [0.3, 0.4) is 0 Å². The third kappa shape index (κ3) is 5.08. The fourth-order valence-corrected chi connectivity index (χ4v) is 3.39. The van der Waals surface area contributed by atoms with Crippen LogP contribution in [0.5, 0.6) is 11.5 Å². The van der Waals surface area contributed by atoms with E-state index in [1.54, 1.807) is 49.0 Å². The predicted octanol–water partition coefficient (Wildman–Crippen LogP) is 2.61. The van der Waals surface area contributed by atoms with Crippen molar-refractivity contribution < 1.29 is 23.8 Å². The molecule has 0 aliphatic heterocycles. The molecule has 2 aromatic carbocycles. The first-order valence-corrected chi connectivity index (χ1v) is 10.3. The Kier molecular flexibility index (Phi) is 7.22. The zero-order valence-electron chi connectivity index (χ0n) is 19.2. The highest BCUT2D eigenvalue weighted by Crippen LogP contribution is 2.27. The van der Waals surface area contributed by atoms with Gasteiger partial charge in [-0.2, -0.15) is 0 Å². The number of anilines is 1. The number of carbonyl (C=O) groups is 2. The van der Waals surface area contributed by atoms with Gasteiger partial charge in [-0.1, -0.05) is 24.3 Å². The van der Waals surface area contributed by atoms with Crippen LogP contribution in [0.15, 0.2) is 53.3 Å². The molecule has 0 spiro atoms. The number of benzene rings is 2. The second-order valence-electron chi connectivity index (χ2n) is 7.42. The van der Waals surface area contributed by atoms with E-state index >= 15 is 0 Å². The van der Waals surface area contributed by atoms with Gasteiger partial charge in [0.25, 0.3) is 11.5 Å². The summed E-state index contributed by atoms with van der Waals surface area (Å²) in [4.78, 5) is 38.0. The van der Waals surface area contributed by atoms with Gasteiger partial charge in [-0.25, -0.2) is 4.68 Å². The van der Waals surface area contributed by atoms with Crippen molar-refractivity contribution >= 4 is 17.6 Å². The van der Waals surface area contributed by atoms with E-state index in [9.17, 15) is 14.4 Å². The Hall–Kier alpha value is -4.01. The lowest BCUT2D eigenvalue weighted by molar-refractivity contribution is -0.152. The maximum absolute atomic E-state index is 12.9. The normalized spacial score (nSPS) is 11.5. The summed E-state index contributed by atoms with van der Waals surface area (Å²) in [5.41, 5.74) is 1.64.